The standard InChI is InChI=1S/C12H9F3N2O/c13-12(14,15)8-3-1-7(2-4-8)9-5-17-6-10(16)11(9)18/h1-6H,16H2,(H,17,18). The molecule has 0 unspecified atom stereocenters. The first-order chi connectivity index (χ1) is 8.39. The van der Waals surface area contributed by atoms with E-state index in [1.54, 1.807) is 0 Å². The summed E-state index contributed by atoms with van der Waals surface area (Å²) >= 11 is 0. The minimum Gasteiger partial charge on any atom is -0.394 e. The highest BCUT2D eigenvalue weighted by molar-refractivity contribution is 5.65. The lowest BCUT2D eigenvalue weighted by atomic mass is 10.0. The molecule has 0 aliphatic carbocycles. The number of nitrogens with one attached hydrogen (secondary N) is 1. The van der Waals surface area contributed by atoms with Crippen molar-refractivity contribution in [3.8, 4) is 11.1 Å². The van der Waals surface area contributed by atoms with Crippen LogP contribution in [0.15, 0.2) is 41.5 Å². The average molecular weight is 254 g/mol. The number of benzene rings is 1. The van der Waals surface area contributed by atoms with Crippen LogP contribution in [-0.4, -0.2) is 4.98 Å². The summed E-state index contributed by atoms with van der Waals surface area (Å²) in [5, 5.41) is 0. The summed E-state index contributed by atoms with van der Waals surface area (Å²) in [6.45, 7) is 0. The number of anilines is 1. The third kappa shape index (κ3) is 2.22. The molecule has 3 N–H and O–H groups in total. The number of rotatable bonds is 1. The van der Waals surface area contributed by atoms with Gasteiger partial charge in [-0.1, -0.05) is 12.1 Å². The van der Waals surface area contributed by atoms with Crippen molar-refractivity contribution in [3.05, 3.63) is 52.4 Å². The first kappa shape index (κ1) is 12.2. The molecule has 0 radical (unpaired) electrons. The van der Waals surface area contributed by atoms with Gasteiger partial charge in [0.05, 0.1) is 11.3 Å². The molecule has 18 heavy (non-hydrogen) atoms. The molecule has 6 heteroatoms. The lowest BCUT2D eigenvalue weighted by molar-refractivity contribution is -0.137. The summed E-state index contributed by atoms with van der Waals surface area (Å²) in [6, 6.07) is 4.34. The van der Waals surface area contributed by atoms with E-state index in [-0.39, 0.29) is 11.3 Å². The number of alkyl halides is 3. The Morgan fingerprint density at radius 3 is 2.22 bits per heavy atom. The highest BCUT2D eigenvalue weighted by Crippen LogP contribution is 2.30. The maximum absolute atomic E-state index is 12.4. The molecule has 0 spiro atoms. The average Bonchev–Trinajstić information content (AvgIpc) is 2.32. The monoisotopic (exact) mass is 254 g/mol. The van der Waals surface area contributed by atoms with Crippen LogP contribution in [0.4, 0.5) is 18.9 Å². The van der Waals surface area contributed by atoms with Crippen LogP contribution >= 0.6 is 0 Å². The molecular weight excluding hydrogens is 245 g/mol. The van der Waals surface area contributed by atoms with Crippen LogP contribution in [0.25, 0.3) is 11.1 Å². The molecule has 2 aromatic rings. The Morgan fingerprint density at radius 1 is 1.06 bits per heavy atom. The van der Waals surface area contributed by atoms with E-state index in [2.05, 4.69) is 4.98 Å². The lowest BCUT2D eigenvalue weighted by Gasteiger charge is -2.07. The predicted molar refractivity (Wildman–Crippen MR) is 61.9 cm³/mol. The van der Waals surface area contributed by atoms with Crippen molar-refractivity contribution in [2.24, 2.45) is 0 Å². The smallest absolute Gasteiger partial charge is 0.394 e. The van der Waals surface area contributed by atoms with Gasteiger partial charge in [-0.3, -0.25) is 4.79 Å². The molecule has 0 aliphatic rings. The molecule has 0 saturated carbocycles. The second kappa shape index (κ2) is 4.21. The maximum Gasteiger partial charge on any atom is 0.416 e. The predicted octanol–water partition coefficient (Wildman–Crippen LogP) is 2.64. The molecule has 0 aliphatic heterocycles. The largest absolute Gasteiger partial charge is 0.416 e. The van der Waals surface area contributed by atoms with Gasteiger partial charge in [-0.15, -0.1) is 0 Å². The van der Waals surface area contributed by atoms with Crippen LogP contribution < -0.4 is 11.2 Å². The third-order valence-corrected chi connectivity index (χ3v) is 2.50. The molecule has 3 nitrogen and oxygen atoms in total. The van der Waals surface area contributed by atoms with Crippen LogP contribution in [-0.2, 0) is 6.18 Å². The van der Waals surface area contributed by atoms with Gasteiger partial charge in [-0.2, -0.15) is 13.2 Å². The quantitative estimate of drug-likeness (QED) is 0.821. The Bertz CT molecular complexity index is 614. The molecule has 0 saturated heterocycles. The second-order valence-corrected chi connectivity index (χ2v) is 3.73. The number of halogens is 3. The number of H-pyrrole nitrogens is 1. The number of hydrogen-bond acceptors (Lipinski definition) is 2. The SMILES string of the molecule is Nc1c[nH]cc(-c2ccc(C(F)(F)F)cc2)c1=O. The summed E-state index contributed by atoms with van der Waals surface area (Å²) < 4.78 is 37.1. The number of aromatic nitrogens is 1. The first-order valence-corrected chi connectivity index (χ1v) is 5.04. The number of nitrogens with two attached hydrogens (primary N) is 1. The van der Waals surface area contributed by atoms with Gasteiger partial charge in [-0.05, 0) is 17.7 Å². The van der Waals surface area contributed by atoms with Crippen LogP contribution in [0.3, 0.4) is 0 Å². The van der Waals surface area contributed by atoms with Crippen LogP contribution in [0.2, 0.25) is 0 Å². The van der Waals surface area contributed by atoms with Gasteiger partial charge < -0.3 is 10.7 Å². The van der Waals surface area contributed by atoms with Crippen molar-refractivity contribution in [2.75, 3.05) is 5.73 Å². The van der Waals surface area contributed by atoms with Crippen molar-refractivity contribution in [2.45, 2.75) is 6.18 Å². The van der Waals surface area contributed by atoms with E-state index in [0.29, 0.717) is 5.56 Å². The van der Waals surface area contributed by atoms with Crippen LogP contribution in [0, 0.1) is 0 Å². The maximum atomic E-state index is 12.4. The topological polar surface area (TPSA) is 58.9 Å². The normalized spacial score (nSPS) is 11.5. The molecule has 2 rings (SSSR count). The fourth-order valence-electron chi connectivity index (χ4n) is 1.55. The minimum absolute atomic E-state index is 0.0207. The van der Waals surface area contributed by atoms with Crippen molar-refractivity contribution < 1.29 is 13.2 Å². The molecule has 94 valence electrons. The summed E-state index contributed by atoms with van der Waals surface area (Å²) in [7, 11) is 0. The van der Waals surface area contributed by atoms with Crippen molar-refractivity contribution in [3.63, 3.8) is 0 Å². The van der Waals surface area contributed by atoms with E-state index in [0.717, 1.165) is 12.1 Å². The fraction of sp³-hybridized carbons (Fsp3) is 0.0833. The summed E-state index contributed by atoms with van der Waals surface area (Å²) in [4.78, 5) is 14.3. The van der Waals surface area contributed by atoms with Gasteiger partial charge in [0.1, 0.15) is 0 Å². The zero-order chi connectivity index (χ0) is 13.3. The lowest BCUT2D eigenvalue weighted by Crippen LogP contribution is -2.11. The zero-order valence-corrected chi connectivity index (χ0v) is 9.08. The number of pyridine rings is 1. The van der Waals surface area contributed by atoms with Crippen molar-refractivity contribution in [1.82, 2.24) is 4.98 Å². The number of aromatic amines is 1. The molecule has 0 amide bonds. The Kier molecular flexibility index (Phi) is 2.86. The van der Waals surface area contributed by atoms with E-state index < -0.39 is 17.2 Å². The van der Waals surface area contributed by atoms with Gasteiger partial charge in [0.2, 0.25) is 5.43 Å². The Balaban J connectivity index is 2.47. The molecule has 1 aromatic heterocycles. The van der Waals surface area contributed by atoms with Crippen molar-refractivity contribution >= 4 is 5.69 Å². The van der Waals surface area contributed by atoms with Gasteiger partial charge in [-0.25, -0.2) is 0 Å². The zero-order valence-electron chi connectivity index (χ0n) is 9.08. The van der Waals surface area contributed by atoms with E-state index in [4.69, 9.17) is 5.73 Å². The third-order valence-electron chi connectivity index (χ3n) is 2.50. The highest BCUT2D eigenvalue weighted by Gasteiger charge is 2.30. The minimum atomic E-state index is -4.39. The van der Waals surface area contributed by atoms with Gasteiger partial charge in [0.25, 0.3) is 0 Å². The number of hydrogen-bond donors (Lipinski definition) is 2. The van der Waals surface area contributed by atoms with Crippen molar-refractivity contribution in [1.29, 1.82) is 0 Å². The Labute approximate surface area is 100 Å². The summed E-state index contributed by atoms with van der Waals surface area (Å²) in [5.41, 5.74) is 4.91. The highest BCUT2D eigenvalue weighted by atomic mass is 19.4. The van der Waals surface area contributed by atoms with Gasteiger partial charge in [0.15, 0.2) is 0 Å². The van der Waals surface area contributed by atoms with E-state index >= 15 is 0 Å². The molecule has 1 heterocycles. The number of nitrogen functional groups attached to an aromatic ring is 1. The molecule has 1 aromatic carbocycles. The second-order valence-electron chi connectivity index (χ2n) is 3.73. The molecule has 0 bridgehead atoms. The van der Waals surface area contributed by atoms with Crippen LogP contribution in [0.5, 0.6) is 0 Å². The van der Waals surface area contributed by atoms with E-state index in [1.165, 1.54) is 24.5 Å². The summed E-state index contributed by atoms with van der Waals surface area (Å²) in [5.74, 6) is 0. The molecule has 0 atom stereocenters. The Hall–Kier alpha value is -2.24. The molecule has 0 fully saturated rings. The molecular formula is C12H9F3N2O. The first-order valence-electron chi connectivity index (χ1n) is 5.04. The van der Waals surface area contributed by atoms with Gasteiger partial charge in [0, 0.05) is 18.0 Å². The van der Waals surface area contributed by atoms with E-state index in [9.17, 15) is 18.0 Å². The van der Waals surface area contributed by atoms with Crippen LogP contribution in [0.1, 0.15) is 5.56 Å². The van der Waals surface area contributed by atoms with Gasteiger partial charge >= 0.3 is 6.18 Å². The van der Waals surface area contributed by atoms with E-state index in [1.807, 2.05) is 0 Å². The Morgan fingerprint density at radius 2 is 1.67 bits per heavy atom. The summed E-state index contributed by atoms with van der Waals surface area (Å²) in [6.07, 6.45) is -1.65. The fourth-order valence-corrected chi connectivity index (χ4v) is 1.55.